The summed E-state index contributed by atoms with van der Waals surface area (Å²) < 4.78 is 28.2. The maximum Gasteiger partial charge on any atom is 0.150 e. The summed E-state index contributed by atoms with van der Waals surface area (Å²) in [5.74, 6) is 2.37. The fourth-order valence-corrected chi connectivity index (χ4v) is 4.89. The molecule has 1 heterocycles. The highest BCUT2D eigenvalue weighted by Crippen LogP contribution is 2.29. The normalized spacial score (nSPS) is 23.2. The standard InChI is InChI=1S/C14H19ClO3S/c1-18-14-4-2-11(3-5-14)8-13(9-15)12-6-7-19(16,17)10-12/h2-5,12-13H,6-10H2,1H3. The van der Waals surface area contributed by atoms with Crippen molar-refractivity contribution in [2.45, 2.75) is 12.8 Å². The first-order valence-electron chi connectivity index (χ1n) is 6.43. The summed E-state index contributed by atoms with van der Waals surface area (Å²) >= 11 is 6.03. The highest BCUT2D eigenvalue weighted by Gasteiger charge is 2.33. The number of sulfone groups is 1. The molecule has 0 spiro atoms. The van der Waals surface area contributed by atoms with Crippen LogP contribution in [0.4, 0.5) is 0 Å². The summed E-state index contributed by atoms with van der Waals surface area (Å²) in [4.78, 5) is 0. The molecule has 2 unspecified atom stereocenters. The molecule has 0 saturated carbocycles. The molecule has 1 fully saturated rings. The zero-order chi connectivity index (χ0) is 13.9. The van der Waals surface area contributed by atoms with Gasteiger partial charge in [0.1, 0.15) is 5.75 Å². The Morgan fingerprint density at radius 1 is 1.37 bits per heavy atom. The molecule has 0 radical (unpaired) electrons. The van der Waals surface area contributed by atoms with E-state index in [1.807, 2.05) is 24.3 Å². The first-order valence-corrected chi connectivity index (χ1v) is 8.79. The molecule has 1 aliphatic rings. The van der Waals surface area contributed by atoms with Crippen molar-refractivity contribution in [3.8, 4) is 5.75 Å². The topological polar surface area (TPSA) is 43.4 Å². The number of benzene rings is 1. The van der Waals surface area contributed by atoms with Gasteiger partial charge in [-0.3, -0.25) is 0 Å². The van der Waals surface area contributed by atoms with E-state index in [0.29, 0.717) is 17.4 Å². The molecular formula is C14H19ClO3S. The van der Waals surface area contributed by atoms with Gasteiger partial charge < -0.3 is 4.74 Å². The van der Waals surface area contributed by atoms with Crippen LogP contribution < -0.4 is 4.74 Å². The van der Waals surface area contributed by atoms with Crippen LogP contribution in [-0.4, -0.2) is 32.9 Å². The SMILES string of the molecule is COc1ccc(CC(CCl)C2CCS(=O)(=O)C2)cc1. The van der Waals surface area contributed by atoms with Gasteiger partial charge in [0, 0.05) is 5.88 Å². The maximum absolute atomic E-state index is 11.5. The summed E-state index contributed by atoms with van der Waals surface area (Å²) in [6.07, 6.45) is 1.57. The van der Waals surface area contributed by atoms with Crippen LogP contribution in [0.1, 0.15) is 12.0 Å². The molecule has 2 rings (SSSR count). The predicted octanol–water partition coefficient (Wildman–Crippen LogP) is 2.53. The molecule has 1 aromatic rings. The Morgan fingerprint density at radius 2 is 2.05 bits per heavy atom. The van der Waals surface area contributed by atoms with Crippen molar-refractivity contribution in [1.29, 1.82) is 0 Å². The zero-order valence-electron chi connectivity index (χ0n) is 11.0. The summed E-state index contributed by atoms with van der Waals surface area (Å²) in [5.41, 5.74) is 1.18. The van der Waals surface area contributed by atoms with E-state index < -0.39 is 9.84 Å². The highest BCUT2D eigenvalue weighted by atomic mass is 35.5. The lowest BCUT2D eigenvalue weighted by Crippen LogP contribution is -2.20. The first kappa shape index (κ1) is 14.7. The van der Waals surface area contributed by atoms with Crippen LogP contribution >= 0.6 is 11.6 Å². The number of hydrogen-bond acceptors (Lipinski definition) is 3. The Labute approximate surface area is 119 Å². The minimum absolute atomic E-state index is 0.199. The van der Waals surface area contributed by atoms with Gasteiger partial charge in [0.25, 0.3) is 0 Å². The molecule has 0 N–H and O–H groups in total. The highest BCUT2D eigenvalue weighted by molar-refractivity contribution is 7.91. The van der Waals surface area contributed by atoms with Crippen molar-refractivity contribution < 1.29 is 13.2 Å². The van der Waals surface area contributed by atoms with Crippen LogP contribution in [-0.2, 0) is 16.3 Å². The summed E-state index contributed by atoms with van der Waals surface area (Å²) in [5, 5.41) is 0. The average Bonchev–Trinajstić information content (AvgIpc) is 2.77. The Hall–Kier alpha value is -0.740. The van der Waals surface area contributed by atoms with Crippen molar-refractivity contribution in [3.63, 3.8) is 0 Å². The minimum atomic E-state index is -2.83. The quantitative estimate of drug-likeness (QED) is 0.785. The number of rotatable bonds is 5. The molecule has 1 aliphatic heterocycles. The summed E-state index contributed by atoms with van der Waals surface area (Å²) in [7, 11) is -1.19. The van der Waals surface area contributed by atoms with Crippen LogP contribution in [0.2, 0.25) is 0 Å². The number of hydrogen-bond donors (Lipinski definition) is 0. The lowest BCUT2D eigenvalue weighted by Gasteiger charge is -2.20. The molecule has 0 bridgehead atoms. The van der Waals surface area contributed by atoms with E-state index in [4.69, 9.17) is 16.3 Å². The van der Waals surface area contributed by atoms with Gasteiger partial charge in [0.15, 0.2) is 9.84 Å². The Kier molecular flexibility index (Phi) is 4.74. The van der Waals surface area contributed by atoms with E-state index in [1.165, 1.54) is 5.56 Å². The summed E-state index contributed by atoms with van der Waals surface area (Å²) in [6, 6.07) is 7.88. The average molecular weight is 303 g/mol. The maximum atomic E-state index is 11.5. The molecule has 19 heavy (non-hydrogen) atoms. The molecule has 106 valence electrons. The van der Waals surface area contributed by atoms with Crippen LogP contribution in [0.5, 0.6) is 5.75 Å². The fraction of sp³-hybridized carbons (Fsp3) is 0.571. The second-order valence-corrected chi connectivity index (χ2v) is 7.67. The van der Waals surface area contributed by atoms with Gasteiger partial charge in [0.05, 0.1) is 18.6 Å². The molecule has 0 amide bonds. The van der Waals surface area contributed by atoms with Gasteiger partial charge in [-0.2, -0.15) is 0 Å². The molecule has 5 heteroatoms. The molecule has 0 aliphatic carbocycles. The van der Waals surface area contributed by atoms with Gasteiger partial charge in [-0.15, -0.1) is 11.6 Å². The van der Waals surface area contributed by atoms with Gasteiger partial charge >= 0.3 is 0 Å². The lowest BCUT2D eigenvalue weighted by atomic mass is 9.88. The van der Waals surface area contributed by atoms with E-state index in [1.54, 1.807) is 7.11 Å². The predicted molar refractivity (Wildman–Crippen MR) is 77.7 cm³/mol. The van der Waals surface area contributed by atoms with E-state index in [-0.39, 0.29) is 11.8 Å². The molecule has 3 nitrogen and oxygen atoms in total. The molecule has 0 aromatic heterocycles. The third kappa shape index (κ3) is 3.86. The third-order valence-corrected chi connectivity index (χ3v) is 5.98. The van der Waals surface area contributed by atoms with E-state index in [2.05, 4.69) is 0 Å². The Bertz CT molecular complexity index is 510. The number of methoxy groups -OCH3 is 1. The monoisotopic (exact) mass is 302 g/mol. The second kappa shape index (κ2) is 6.14. The first-order chi connectivity index (χ1) is 9.04. The van der Waals surface area contributed by atoms with Gasteiger partial charge in [0.2, 0.25) is 0 Å². The van der Waals surface area contributed by atoms with Gasteiger partial charge in [-0.05, 0) is 42.4 Å². The van der Waals surface area contributed by atoms with Crippen LogP contribution in [0.15, 0.2) is 24.3 Å². The zero-order valence-corrected chi connectivity index (χ0v) is 12.6. The van der Waals surface area contributed by atoms with Crippen LogP contribution in [0.25, 0.3) is 0 Å². The summed E-state index contributed by atoms with van der Waals surface area (Å²) in [6.45, 7) is 0. The van der Waals surface area contributed by atoms with E-state index >= 15 is 0 Å². The van der Waals surface area contributed by atoms with Crippen molar-refractivity contribution in [3.05, 3.63) is 29.8 Å². The molecule has 1 aromatic carbocycles. The third-order valence-electron chi connectivity index (χ3n) is 3.79. The molecule has 1 saturated heterocycles. The Balaban J connectivity index is 2.02. The van der Waals surface area contributed by atoms with Gasteiger partial charge in [-0.25, -0.2) is 8.42 Å². The second-order valence-electron chi connectivity index (χ2n) is 5.13. The number of halogens is 1. The van der Waals surface area contributed by atoms with Crippen molar-refractivity contribution in [1.82, 2.24) is 0 Å². The van der Waals surface area contributed by atoms with Crippen LogP contribution in [0, 0.1) is 11.8 Å². The fourth-order valence-electron chi connectivity index (χ4n) is 2.61. The van der Waals surface area contributed by atoms with E-state index in [9.17, 15) is 8.42 Å². The van der Waals surface area contributed by atoms with Crippen molar-refractivity contribution in [2.24, 2.45) is 11.8 Å². The van der Waals surface area contributed by atoms with E-state index in [0.717, 1.165) is 18.6 Å². The lowest BCUT2D eigenvalue weighted by molar-refractivity contribution is 0.396. The van der Waals surface area contributed by atoms with Crippen LogP contribution in [0.3, 0.4) is 0 Å². The smallest absolute Gasteiger partial charge is 0.150 e. The van der Waals surface area contributed by atoms with Gasteiger partial charge in [-0.1, -0.05) is 12.1 Å². The van der Waals surface area contributed by atoms with Crippen molar-refractivity contribution >= 4 is 21.4 Å². The van der Waals surface area contributed by atoms with Crippen molar-refractivity contribution in [2.75, 3.05) is 24.5 Å². The molecule has 2 atom stereocenters. The minimum Gasteiger partial charge on any atom is -0.497 e. The Morgan fingerprint density at radius 3 is 2.53 bits per heavy atom. The largest absolute Gasteiger partial charge is 0.497 e. The number of alkyl halides is 1. The molecular weight excluding hydrogens is 284 g/mol. The number of ether oxygens (including phenoxy) is 1.